The molecule has 0 spiro atoms. The summed E-state index contributed by atoms with van der Waals surface area (Å²) in [5, 5.41) is 33.6. The number of alkyl carbamates (subject to hydrolysis) is 3. The molecule has 0 bridgehead atoms. The maximum Gasteiger partial charge on any atom is 0.408 e. The predicted molar refractivity (Wildman–Crippen MR) is 166 cm³/mol. The van der Waals surface area contributed by atoms with Crippen LogP contribution >= 0.6 is 0 Å². The molecule has 3 amide bonds. The molecule has 2 aliphatic rings. The summed E-state index contributed by atoms with van der Waals surface area (Å²) in [6.45, 7) is 21.9. The van der Waals surface area contributed by atoms with E-state index in [0.29, 0.717) is 11.8 Å². The Labute approximate surface area is 263 Å². The minimum absolute atomic E-state index is 0.0181. The third-order valence-corrected chi connectivity index (χ3v) is 5.99. The number of nitrogens with zero attached hydrogens (tertiary/aromatic N) is 3. The molecule has 3 N–H and O–H groups in total. The van der Waals surface area contributed by atoms with E-state index in [1.165, 1.54) is 6.08 Å². The van der Waals surface area contributed by atoms with Crippen LogP contribution in [-0.4, -0.2) is 53.2 Å². The van der Waals surface area contributed by atoms with Gasteiger partial charge in [0.25, 0.3) is 0 Å². The van der Waals surface area contributed by atoms with Crippen LogP contribution in [0.15, 0.2) is 12.2 Å². The second kappa shape index (κ2) is 17.3. The largest absolute Gasteiger partial charge is 0.444 e. The highest BCUT2D eigenvalue weighted by molar-refractivity contribution is 5.69. The van der Waals surface area contributed by atoms with Crippen LogP contribution in [-0.2, 0) is 14.2 Å². The molecule has 2 rings (SSSR count). The molecule has 0 aliphatic heterocycles. The van der Waals surface area contributed by atoms with Crippen molar-refractivity contribution in [3.63, 3.8) is 0 Å². The van der Waals surface area contributed by atoms with Crippen molar-refractivity contribution in [3.05, 3.63) is 12.2 Å². The molecule has 12 nitrogen and oxygen atoms in total. The lowest BCUT2D eigenvalue weighted by Gasteiger charge is -2.21. The Morgan fingerprint density at radius 1 is 0.659 bits per heavy atom. The summed E-state index contributed by atoms with van der Waals surface area (Å²) in [5.74, 6) is 0.801. The van der Waals surface area contributed by atoms with Crippen LogP contribution in [0.3, 0.4) is 0 Å². The number of carbonyl (C=O) groups is 3. The number of nitriles is 3. The van der Waals surface area contributed by atoms with Gasteiger partial charge in [-0.15, -0.1) is 0 Å². The number of hydrogen-bond acceptors (Lipinski definition) is 9. The summed E-state index contributed by atoms with van der Waals surface area (Å²) < 4.78 is 15.3. The van der Waals surface area contributed by atoms with Gasteiger partial charge in [-0.25, -0.2) is 14.4 Å². The number of carbonyl (C=O) groups excluding carboxylic acids is 3. The van der Waals surface area contributed by atoms with Crippen molar-refractivity contribution in [2.45, 2.75) is 131 Å². The summed E-state index contributed by atoms with van der Waals surface area (Å²) >= 11 is 0. The highest BCUT2D eigenvalue weighted by atomic mass is 16.6. The third kappa shape index (κ3) is 20.0. The van der Waals surface area contributed by atoms with Crippen LogP contribution in [0.1, 0.15) is 95.9 Å². The molecule has 0 aromatic rings. The van der Waals surface area contributed by atoms with E-state index in [1.807, 2.05) is 61.5 Å². The van der Waals surface area contributed by atoms with Crippen molar-refractivity contribution < 1.29 is 28.6 Å². The van der Waals surface area contributed by atoms with Gasteiger partial charge in [0, 0.05) is 24.2 Å². The molecule has 0 heterocycles. The quantitative estimate of drug-likeness (QED) is 0.234. The van der Waals surface area contributed by atoms with Gasteiger partial charge in [0.05, 0.1) is 30.0 Å². The predicted octanol–water partition coefficient (Wildman–Crippen LogP) is 6.10. The molecular formula is C32H52N6O6. The zero-order valence-electron chi connectivity index (χ0n) is 28.4. The number of rotatable bonds is 6. The summed E-state index contributed by atoms with van der Waals surface area (Å²) in [6.07, 6.45) is 3.39. The summed E-state index contributed by atoms with van der Waals surface area (Å²) in [6, 6.07) is 6.08. The van der Waals surface area contributed by atoms with Gasteiger partial charge in [-0.05, 0) is 108 Å². The van der Waals surface area contributed by atoms with Gasteiger partial charge >= 0.3 is 18.3 Å². The molecule has 2 fully saturated rings. The van der Waals surface area contributed by atoms with Gasteiger partial charge in [-0.3, -0.25) is 0 Å². The van der Waals surface area contributed by atoms with Gasteiger partial charge in [-0.1, -0.05) is 6.08 Å². The van der Waals surface area contributed by atoms with E-state index in [4.69, 9.17) is 30.0 Å². The zero-order valence-corrected chi connectivity index (χ0v) is 28.4. The van der Waals surface area contributed by atoms with Gasteiger partial charge in [0.15, 0.2) is 0 Å². The molecule has 44 heavy (non-hydrogen) atoms. The SMILES string of the molecule is C[C@@H](NC(=O)OC(C)(C)C)[C@@H]1C[C@@H]1C#N.C[C@@H](NC(=O)OC(C)(C)C)[C@H]1C[C@H]1C#N.C[C@H](C=CC#N)NC(=O)OC(C)(C)C. The van der Waals surface area contributed by atoms with Crippen LogP contribution in [0, 0.1) is 57.7 Å². The van der Waals surface area contributed by atoms with Crippen molar-refractivity contribution in [1.29, 1.82) is 15.8 Å². The van der Waals surface area contributed by atoms with E-state index in [0.717, 1.165) is 12.8 Å². The number of amides is 3. The maximum atomic E-state index is 11.4. The minimum atomic E-state index is -0.497. The molecule has 0 radical (unpaired) electrons. The number of nitrogens with one attached hydrogen (secondary N) is 3. The van der Waals surface area contributed by atoms with E-state index in [-0.39, 0.29) is 30.0 Å². The van der Waals surface area contributed by atoms with E-state index in [2.05, 4.69) is 28.1 Å². The van der Waals surface area contributed by atoms with Gasteiger partial charge in [0.2, 0.25) is 0 Å². The minimum Gasteiger partial charge on any atom is -0.444 e. The Balaban J connectivity index is 0.000000631. The summed E-state index contributed by atoms with van der Waals surface area (Å²) in [4.78, 5) is 33.9. The molecule has 0 saturated heterocycles. The first kappa shape index (κ1) is 40.0. The molecule has 2 saturated carbocycles. The molecule has 2 aliphatic carbocycles. The fourth-order valence-electron chi connectivity index (χ4n) is 3.76. The van der Waals surface area contributed by atoms with Gasteiger partial charge < -0.3 is 30.2 Å². The lowest BCUT2D eigenvalue weighted by molar-refractivity contribution is 0.0490. The van der Waals surface area contributed by atoms with Crippen LogP contribution in [0.25, 0.3) is 0 Å². The van der Waals surface area contributed by atoms with Crippen LogP contribution in [0.2, 0.25) is 0 Å². The first-order valence-electron chi connectivity index (χ1n) is 14.9. The molecule has 7 atom stereocenters. The van der Waals surface area contributed by atoms with Gasteiger partial charge in [0.1, 0.15) is 16.8 Å². The lowest BCUT2D eigenvalue weighted by atomic mass is 10.2. The molecule has 0 aromatic carbocycles. The Morgan fingerprint density at radius 3 is 1.23 bits per heavy atom. The van der Waals surface area contributed by atoms with Crippen molar-refractivity contribution in [1.82, 2.24) is 16.0 Å². The second-order valence-corrected chi connectivity index (χ2v) is 14.1. The van der Waals surface area contributed by atoms with Crippen LogP contribution in [0.5, 0.6) is 0 Å². The molecule has 246 valence electrons. The fourth-order valence-corrected chi connectivity index (χ4v) is 3.76. The highest BCUT2D eigenvalue weighted by Gasteiger charge is 2.43. The first-order chi connectivity index (χ1) is 20.0. The fraction of sp³-hybridized carbons (Fsp3) is 0.750. The van der Waals surface area contributed by atoms with E-state index in [1.54, 1.807) is 33.8 Å². The molecular weight excluding hydrogens is 564 g/mol. The van der Waals surface area contributed by atoms with Crippen LogP contribution < -0.4 is 16.0 Å². The maximum absolute atomic E-state index is 11.4. The number of hydrogen-bond donors (Lipinski definition) is 3. The zero-order chi connectivity index (χ0) is 34.5. The Hall–Kier alpha value is -3.98. The molecule has 12 heteroatoms. The van der Waals surface area contributed by atoms with Crippen molar-refractivity contribution >= 4 is 18.3 Å². The average Bonchev–Trinajstić information content (AvgIpc) is 3.73. The van der Waals surface area contributed by atoms with Crippen LogP contribution in [0.4, 0.5) is 14.4 Å². The molecule has 0 aromatic heterocycles. The van der Waals surface area contributed by atoms with E-state index in [9.17, 15) is 14.4 Å². The third-order valence-electron chi connectivity index (χ3n) is 5.99. The smallest absolute Gasteiger partial charge is 0.408 e. The highest BCUT2D eigenvalue weighted by Crippen LogP contribution is 2.41. The molecule has 0 unspecified atom stereocenters. The summed E-state index contributed by atoms with van der Waals surface area (Å²) in [7, 11) is 0. The topological polar surface area (TPSA) is 186 Å². The first-order valence-corrected chi connectivity index (χ1v) is 14.9. The van der Waals surface area contributed by atoms with Gasteiger partial charge in [-0.2, -0.15) is 15.8 Å². The van der Waals surface area contributed by atoms with E-state index < -0.39 is 35.1 Å². The van der Waals surface area contributed by atoms with E-state index >= 15 is 0 Å². The number of allylic oxidation sites excluding steroid dienone is 1. The average molecular weight is 617 g/mol. The second-order valence-electron chi connectivity index (χ2n) is 14.1. The lowest BCUT2D eigenvalue weighted by Crippen LogP contribution is -2.38. The number of ether oxygens (including phenoxy) is 3. The Bertz CT molecular complexity index is 1050. The normalized spacial score (nSPS) is 22.2. The van der Waals surface area contributed by atoms with Crippen molar-refractivity contribution in [3.8, 4) is 18.2 Å². The monoisotopic (exact) mass is 616 g/mol. The Kier molecular flexibility index (Phi) is 15.8. The van der Waals surface area contributed by atoms with Crippen molar-refractivity contribution in [2.75, 3.05) is 0 Å². The van der Waals surface area contributed by atoms with Crippen molar-refractivity contribution in [2.24, 2.45) is 23.7 Å². The standard InChI is InChI=1S/2C11H18N2O2.C10H16N2O2/c2*1-7(9-5-8(9)6-12)13-10(14)15-11(2,3)4;1-8(6-5-7-11)12-9(13)14-10(2,3)4/h2*7-9H,5H2,1-4H3,(H,13,14);5-6,8H,1-4H3,(H,12,13)/t7-,8+,9-;7-,8-,9+;8-/m111/s1. The summed E-state index contributed by atoms with van der Waals surface area (Å²) in [5.41, 5.74) is -1.44. The Morgan fingerprint density at radius 2 is 0.977 bits per heavy atom.